The molecule has 0 radical (unpaired) electrons. The molecule has 1 aromatic carbocycles. The van der Waals surface area contributed by atoms with Crippen molar-refractivity contribution in [2.45, 2.75) is 38.3 Å². The van der Waals surface area contributed by atoms with Crippen molar-refractivity contribution in [2.24, 2.45) is 5.92 Å². The number of fused-ring (bicyclic) bond motifs is 1. The van der Waals surface area contributed by atoms with Crippen molar-refractivity contribution in [1.82, 2.24) is 15.3 Å². The lowest BCUT2D eigenvalue weighted by atomic mass is 9.84. The molecule has 0 amide bonds. The van der Waals surface area contributed by atoms with Crippen molar-refractivity contribution in [3.05, 3.63) is 27.8 Å². The van der Waals surface area contributed by atoms with Gasteiger partial charge in [0.15, 0.2) is 0 Å². The van der Waals surface area contributed by atoms with Gasteiger partial charge in [-0.2, -0.15) is 0 Å². The van der Waals surface area contributed by atoms with Gasteiger partial charge in [0, 0.05) is 30.3 Å². The fourth-order valence-electron chi connectivity index (χ4n) is 3.60. The molecule has 0 saturated heterocycles. The van der Waals surface area contributed by atoms with Gasteiger partial charge in [-0.3, -0.25) is 14.9 Å². The van der Waals surface area contributed by atoms with E-state index in [2.05, 4.69) is 15.3 Å². The Morgan fingerprint density at radius 3 is 2.57 bits per heavy atom. The maximum absolute atomic E-state index is 11.5. The molecule has 3 rings (SSSR count). The van der Waals surface area contributed by atoms with E-state index in [1.54, 1.807) is 0 Å². The van der Waals surface area contributed by atoms with E-state index in [0.29, 0.717) is 23.0 Å². The van der Waals surface area contributed by atoms with E-state index in [-0.39, 0.29) is 30.0 Å². The standard InChI is InChI=1S/C18H22N4O6/c1-27-16-17(28-2)21-15-10(7-11(22(25)26)8-14(15)20-16)9-19-13-6-4-3-5-12(13)18(23)24/h7-8,12-13,19H,3-6,9H2,1-2H3,(H,23,24)/t12-,13+/m0/s1. The second-order valence-electron chi connectivity index (χ2n) is 6.69. The van der Waals surface area contributed by atoms with Crippen LogP contribution in [0.15, 0.2) is 12.1 Å². The molecule has 0 bridgehead atoms. The van der Waals surface area contributed by atoms with E-state index < -0.39 is 16.8 Å². The highest BCUT2D eigenvalue weighted by molar-refractivity contribution is 5.82. The van der Waals surface area contributed by atoms with Crippen LogP contribution in [-0.2, 0) is 11.3 Å². The average Bonchev–Trinajstić information content (AvgIpc) is 2.70. The number of rotatable bonds is 7. The van der Waals surface area contributed by atoms with E-state index in [4.69, 9.17) is 9.47 Å². The number of nitrogens with one attached hydrogen (secondary N) is 1. The molecule has 2 atom stereocenters. The van der Waals surface area contributed by atoms with Gasteiger partial charge >= 0.3 is 5.97 Å². The maximum Gasteiger partial charge on any atom is 0.308 e. The maximum atomic E-state index is 11.5. The van der Waals surface area contributed by atoms with Crippen LogP contribution in [-0.4, -0.2) is 46.2 Å². The van der Waals surface area contributed by atoms with E-state index in [0.717, 1.165) is 19.3 Å². The Labute approximate surface area is 161 Å². The number of aromatic nitrogens is 2. The summed E-state index contributed by atoms with van der Waals surface area (Å²) in [6, 6.07) is 2.55. The Kier molecular flexibility index (Phi) is 5.88. The summed E-state index contributed by atoms with van der Waals surface area (Å²) in [5.74, 6) is -0.995. The number of nitro groups is 1. The highest BCUT2D eigenvalue weighted by Gasteiger charge is 2.30. The van der Waals surface area contributed by atoms with Crippen LogP contribution >= 0.6 is 0 Å². The van der Waals surface area contributed by atoms with Crippen molar-refractivity contribution in [3.8, 4) is 11.8 Å². The minimum atomic E-state index is -0.827. The summed E-state index contributed by atoms with van der Waals surface area (Å²) in [4.78, 5) is 31.0. The van der Waals surface area contributed by atoms with Gasteiger partial charge in [-0.05, 0) is 12.8 Å². The number of methoxy groups -OCH3 is 2. The molecular formula is C18H22N4O6. The second kappa shape index (κ2) is 8.34. The van der Waals surface area contributed by atoms with Crippen molar-refractivity contribution in [2.75, 3.05) is 14.2 Å². The van der Waals surface area contributed by atoms with Crippen LogP contribution in [0.4, 0.5) is 5.69 Å². The molecule has 0 aliphatic heterocycles. The van der Waals surface area contributed by atoms with E-state index >= 15 is 0 Å². The number of carboxylic acid groups (broad SMARTS) is 1. The molecule has 1 aliphatic rings. The summed E-state index contributed by atoms with van der Waals surface area (Å²) in [6.07, 6.45) is 3.19. The highest BCUT2D eigenvalue weighted by Crippen LogP contribution is 2.31. The SMILES string of the molecule is COc1nc2cc([N+](=O)[O-])cc(CN[C@@H]3CCCC[C@@H]3C(=O)O)c2nc1OC. The lowest BCUT2D eigenvalue weighted by molar-refractivity contribution is -0.384. The minimum absolute atomic E-state index is 0.121. The zero-order valence-electron chi connectivity index (χ0n) is 15.7. The van der Waals surface area contributed by atoms with Crippen LogP contribution in [0.25, 0.3) is 11.0 Å². The van der Waals surface area contributed by atoms with Gasteiger partial charge in [-0.15, -0.1) is 0 Å². The number of benzene rings is 1. The van der Waals surface area contributed by atoms with Gasteiger partial charge in [0.25, 0.3) is 17.4 Å². The summed E-state index contributed by atoms with van der Waals surface area (Å²) in [5, 5.41) is 24.0. The van der Waals surface area contributed by atoms with E-state index in [1.165, 1.54) is 26.4 Å². The summed E-state index contributed by atoms with van der Waals surface area (Å²) in [7, 11) is 2.84. The fourth-order valence-corrected chi connectivity index (χ4v) is 3.60. The van der Waals surface area contributed by atoms with E-state index in [1.807, 2.05) is 0 Å². The number of carbonyl (C=O) groups is 1. The number of nitro benzene ring substituents is 1. The topological polar surface area (TPSA) is 137 Å². The van der Waals surface area contributed by atoms with Crippen LogP contribution < -0.4 is 14.8 Å². The monoisotopic (exact) mass is 390 g/mol. The number of hydrogen-bond acceptors (Lipinski definition) is 8. The van der Waals surface area contributed by atoms with Crippen molar-refractivity contribution in [3.63, 3.8) is 0 Å². The molecule has 1 aliphatic carbocycles. The molecule has 28 heavy (non-hydrogen) atoms. The molecule has 1 heterocycles. The zero-order chi connectivity index (χ0) is 20.3. The quantitative estimate of drug-likeness (QED) is 0.539. The Morgan fingerprint density at radius 1 is 1.25 bits per heavy atom. The lowest BCUT2D eigenvalue weighted by Gasteiger charge is -2.29. The first-order chi connectivity index (χ1) is 13.4. The Morgan fingerprint density at radius 2 is 1.93 bits per heavy atom. The Balaban J connectivity index is 1.98. The van der Waals surface area contributed by atoms with Gasteiger partial charge < -0.3 is 19.9 Å². The molecule has 0 spiro atoms. The van der Waals surface area contributed by atoms with Crippen LogP contribution in [0, 0.1) is 16.0 Å². The van der Waals surface area contributed by atoms with Crippen molar-refractivity contribution < 1.29 is 24.3 Å². The average molecular weight is 390 g/mol. The molecule has 2 N–H and O–H groups in total. The largest absolute Gasteiger partial charge is 0.481 e. The minimum Gasteiger partial charge on any atom is -0.481 e. The molecule has 10 heteroatoms. The van der Waals surface area contributed by atoms with Gasteiger partial charge in [0.2, 0.25) is 0 Å². The van der Waals surface area contributed by atoms with Gasteiger partial charge in [-0.25, -0.2) is 9.97 Å². The number of hydrogen-bond donors (Lipinski definition) is 2. The molecule has 1 fully saturated rings. The Bertz CT molecular complexity index is 903. The van der Waals surface area contributed by atoms with E-state index in [9.17, 15) is 20.0 Å². The number of non-ortho nitro benzene ring substituents is 1. The van der Waals surface area contributed by atoms with Crippen molar-refractivity contribution >= 4 is 22.7 Å². The zero-order valence-corrected chi connectivity index (χ0v) is 15.7. The molecule has 2 aromatic rings. The molecule has 1 aromatic heterocycles. The molecule has 10 nitrogen and oxygen atoms in total. The summed E-state index contributed by atoms with van der Waals surface area (Å²) < 4.78 is 10.3. The van der Waals surface area contributed by atoms with Crippen LogP contribution in [0.3, 0.4) is 0 Å². The van der Waals surface area contributed by atoms with Crippen LogP contribution in [0.5, 0.6) is 11.8 Å². The first kappa shape index (κ1) is 19.7. The van der Waals surface area contributed by atoms with Gasteiger partial charge in [0.1, 0.15) is 5.52 Å². The molecular weight excluding hydrogens is 368 g/mol. The summed E-state index contributed by atoms with van der Waals surface area (Å²) >= 11 is 0. The van der Waals surface area contributed by atoms with Crippen molar-refractivity contribution in [1.29, 1.82) is 0 Å². The third-order valence-electron chi connectivity index (χ3n) is 5.01. The summed E-state index contributed by atoms with van der Waals surface area (Å²) in [6.45, 7) is 0.233. The predicted molar refractivity (Wildman–Crippen MR) is 99.5 cm³/mol. The van der Waals surface area contributed by atoms with Crippen LogP contribution in [0.1, 0.15) is 31.2 Å². The molecule has 1 saturated carbocycles. The smallest absolute Gasteiger partial charge is 0.308 e. The number of aliphatic carboxylic acids is 1. The van der Waals surface area contributed by atoms with Gasteiger partial charge in [0.05, 0.1) is 30.6 Å². The highest BCUT2D eigenvalue weighted by atomic mass is 16.6. The normalized spacial score (nSPS) is 19.4. The number of ether oxygens (including phenoxy) is 2. The lowest BCUT2D eigenvalue weighted by Crippen LogP contribution is -2.41. The molecule has 150 valence electrons. The fraction of sp³-hybridized carbons (Fsp3) is 0.500. The molecule has 0 unspecified atom stereocenters. The first-order valence-electron chi connectivity index (χ1n) is 8.97. The third-order valence-corrected chi connectivity index (χ3v) is 5.01. The first-order valence-corrected chi connectivity index (χ1v) is 8.97. The van der Waals surface area contributed by atoms with Gasteiger partial charge in [-0.1, -0.05) is 12.8 Å². The Hall–Kier alpha value is -3.01. The summed E-state index contributed by atoms with van der Waals surface area (Å²) in [5.41, 5.74) is 1.18. The number of carboxylic acids is 1. The number of nitrogens with zero attached hydrogens (tertiary/aromatic N) is 3. The third kappa shape index (κ3) is 3.96. The second-order valence-corrected chi connectivity index (χ2v) is 6.69. The predicted octanol–water partition coefficient (Wildman–Crippen LogP) is 2.29. The van der Waals surface area contributed by atoms with Crippen LogP contribution in [0.2, 0.25) is 0 Å².